The molecule has 3 N–H and O–H groups in total. The molecule has 2 amide bonds. The van der Waals surface area contributed by atoms with Gasteiger partial charge in [0, 0.05) is 30.8 Å². The molecule has 1 saturated heterocycles. The summed E-state index contributed by atoms with van der Waals surface area (Å²) < 4.78 is 1.88. The first kappa shape index (κ1) is 27.8. The van der Waals surface area contributed by atoms with Crippen molar-refractivity contribution in [2.45, 2.75) is 40.7 Å². The number of aryl methyl sites for hydroxylation is 1. The van der Waals surface area contributed by atoms with Gasteiger partial charge in [0.05, 0.1) is 24.1 Å². The minimum atomic E-state index is -0.171. The van der Waals surface area contributed by atoms with Crippen LogP contribution in [0.15, 0.2) is 66.4 Å². The van der Waals surface area contributed by atoms with Gasteiger partial charge in [0.2, 0.25) is 5.91 Å². The first-order valence-corrected chi connectivity index (χ1v) is 13.2. The normalized spacial score (nSPS) is 14.7. The van der Waals surface area contributed by atoms with Crippen LogP contribution in [0.25, 0.3) is 17.3 Å². The van der Waals surface area contributed by atoms with Crippen molar-refractivity contribution in [2.75, 3.05) is 19.6 Å². The number of carbonyl (C=O) groups excluding carboxylic acids is 2. The largest absolute Gasteiger partial charge is 0.394 e. The van der Waals surface area contributed by atoms with Gasteiger partial charge in [0.1, 0.15) is 5.75 Å². The van der Waals surface area contributed by atoms with Crippen molar-refractivity contribution >= 4 is 23.5 Å². The van der Waals surface area contributed by atoms with Crippen LogP contribution in [-0.2, 0) is 16.1 Å². The number of benzene rings is 2. The number of carbonyl (C=O) groups is 2. The lowest BCUT2D eigenvalue weighted by atomic mass is 10.0. The smallest absolute Gasteiger partial charge is 0.251 e. The number of nitrogens with zero attached hydrogens (tertiary/aromatic N) is 3. The van der Waals surface area contributed by atoms with Crippen molar-refractivity contribution in [3.63, 3.8) is 0 Å². The first-order valence-electron chi connectivity index (χ1n) is 13.2. The highest BCUT2D eigenvalue weighted by Gasteiger charge is 2.19. The summed E-state index contributed by atoms with van der Waals surface area (Å²) in [6.07, 6.45) is 6.59. The van der Waals surface area contributed by atoms with E-state index in [1.165, 1.54) is 11.1 Å². The van der Waals surface area contributed by atoms with Gasteiger partial charge in [0.15, 0.2) is 0 Å². The summed E-state index contributed by atoms with van der Waals surface area (Å²) in [4.78, 5) is 30.4. The van der Waals surface area contributed by atoms with Crippen molar-refractivity contribution in [1.29, 1.82) is 0 Å². The summed E-state index contributed by atoms with van der Waals surface area (Å²) >= 11 is 0. The molecule has 204 valence electrons. The van der Waals surface area contributed by atoms with Crippen molar-refractivity contribution in [3.8, 4) is 11.4 Å². The molecule has 9 nitrogen and oxygen atoms in total. The second-order valence-corrected chi connectivity index (χ2v) is 9.53. The fourth-order valence-electron chi connectivity index (χ4n) is 4.13. The predicted octanol–water partition coefficient (Wildman–Crippen LogP) is 3.94. The number of rotatable bonds is 10. The molecule has 4 rings (SSSR count). The average molecular weight is 529 g/mol. The SMILES string of the molecule is C/C=C(/C(=O)NCc1ccc(ONN2CCNC(=O)C2)cc1)c1cnn(-c2ccc(C)cc2)c1/C=C(\C)CC. The van der Waals surface area contributed by atoms with Crippen LogP contribution in [0.2, 0.25) is 0 Å². The average Bonchev–Trinajstić information content (AvgIpc) is 3.34. The Hall–Kier alpha value is -4.21. The second kappa shape index (κ2) is 13.0. The van der Waals surface area contributed by atoms with Crippen LogP contribution in [-0.4, -0.2) is 46.2 Å². The summed E-state index contributed by atoms with van der Waals surface area (Å²) in [5, 5.41) is 12.1. The summed E-state index contributed by atoms with van der Waals surface area (Å²) in [5.41, 5.74) is 9.27. The van der Waals surface area contributed by atoms with E-state index in [1.54, 1.807) is 11.2 Å². The molecule has 0 radical (unpaired) electrons. The number of piperazine rings is 1. The van der Waals surface area contributed by atoms with Crippen molar-refractivity contribution in [1.82, 2.24) is 31.0 Å². The van der Waals surface area contributed by atoms with E-state index < -0.39 is 0 Å². The van der Waals surface area contributed by atoms with E-state index in [1.807, 2.05) is 54.1 Å². The first-order chi connectivity index (χ1) is 18.9. The second-order valence-electron chi connectivity index (χ2n) is 9.53. The summed E-state index contributed by atoms with van der Waals surface area (Å²) in [7, 11) is 0. The number of amides is 2. The number of hydrogen-bond acceptors (Lipinski definition) is 6. The maximum absolute atomic E-state index is 13.3. The fourth-order valence-corrected chi connectivity index (χ4v) is 4.13. The predicted molar refractivity (Wildman–Crippen MR) is 153 cm³/mol. The Bertz CT molecular complexity index is 1360. The van der Waals surface area contributed by atoms with Crippen molar-refractivity contribution in [2.24, 2.45) is 0 Å². The number of allylic oxidation sites excluding steroid dienone is 2. The Morgan fingerprint density at radius 2 is 1.90 bits per heavy atom. The van der Waals surface area contributed by atoms with Gasteiger partial charge < -0.3 is 15.5 Å². The van der Waals surface area contributed by atoms with Crippen molar-refractivity contribution < 1.29 is 14.4 Å². The van der Waals surface area contributed by atoms with E-state index in [0.29, 0.717) is 31.0 Å². The molecule has 1 aromatic heterocycles. The highest BCUT2D eigenvalue weighted by atomic mass is 16.7. The van der Waals surface area contributed by atoms with Gasteiger partial charge in [-0.05, 0) is 63.1 Å². The Balaban J connectivity index is 1.43. The molecule has 0 bridgehead atoms. The van der Waals surface area contributed by atoms with Crippen LogP contribution in [0, 0.1) is 6.92 Å². The summed E-state index contributed by atoms with van der Waals surface area (Å²) in [5.74, 6) is 0.390. The molecule has 1 aliphatic heterocycles. The van der Waals surface area contributed by atoms with Gasteiger partial charge in [0.25, 0.3) is 5.91 Å². The van der Waals surface area contributed by atoms with Gasteiger partial charge >= 0.3 is 0 Å². The molecular formula is C30H36N6O3. The molecule has 1 fully saturated rings. The minimum absolute atomic E-state index is 0.0462. The van der Waals surface area contributed by atoms with Crippen molar-refractivity contribution in [3.05, 3.63) is 88.8 Å². The number of hydrazine groups is 1. The van der Waals surface area contributed by atoms with Gasteiger partial charge in [-0.2, -0.15) is 5.10 Å². The molecule has 1 aliphatic rings. The Morgan fingerprint density at radius 3 is 2.56 bits per heavy atom. The lowest BCUT2D eigenvalue weighted by Crippen LogP contribution is -2.54. The third-order valence-electron chi connectivity index (χ3n) is 6.56. The molecule has 2 heterocycles. The van der Waals surface area contributed by atoms with Crippen LogP contribution in [0.1, 0.15) is 49.6 Å². The van der Waals surface area contributed by atoms with Gasteiger partial charge in [-0.15, -0.1) is 0 Å². The van der Waals surface area contributed by atoms with Crippen LogP contribution < -0.4 is 21.1 Å². The van der Waals surface area contributed by atoms with Crippen LogP contribution in [0.5, 0.6) is 5.75 Å². The highest BCUT2D eigenvalue weighted by molar-refractivity contribution is 6.20. The molecular weight excluding hydrogens is 492 g/mol. The van der Waals surface area contributed by atoms with E-state index in [-0.39, 0.29) is 18.4 Å². The quantitative estimate of drug-likeness (QED) is 0.272. The zero-order valence-corrected chi connectivity index (χ0v) is 23.0. The van der Waals surface area contributed by atoms with E-state index >= 15 is 0 Å². The number of aromatic nitrogens is 2. The molecule has 2 aromatic carbocycles. The van der Waals surface area contributed by atoms with Crippen LogP contribution in [0.4, 0.5) is 0 Å². The standard InChI is InChI=1S/C30H36N6O3/c1-5-21(3)17-28-27(19-33-36(28)24-11-7-22(4)8-12-24)26(6-2)30(38)32-18-23-9-13-25(14-10-23)39-34-35-16-15-31-29(37)20-35/h6-14,17,19,34H,5,15-16,18,20H2,1-4H3,(H,31,37)(H,32,38)/b21-17+,26-6+. The number of hydrogen-bond donors (Lipinski definition) is 3. The zero-order chi connectivity index (χ0) is 27.8. The monoisotopic (exact) mass is 528 g/mol. The van der Waals surface area contributed by atoms with Gasteiger partial charge in [-0.25, -0.2) is 9.69 Å². The van der Waals surface area contributed by atoms with Crippen LogP contribution in [0.3, 0.4) is 0 Å². The Kier molecular flexibility index (Phi) is 9.30. The highest BCUT2D eigenvalue weighted by Crippen LogP contribution is 2.26. The van der Waals surface area contributed by atoms with E-state index in [0.717, 1.165) is 28.9 Å². The molecule has 3 aromatic rings. The number of nitrogens with one attached hydrogen (secondary N) is 3. The lowest BCUT2D eigenvalue weighted by Gasteiger charge is -2.26. The maximum Gasteiger partial charge on any atom is 0.251 e. The lowest BCUT2D eigenvalue weighted by molar-refractivity contribution is -0.128. The Morgan fingerprint density at radius 1 is 1.15 bits per heavy atom. The molecule has 39 heavy (non-hydrogen) atoms. The van der Waals surface area contributed by atoms with Gasteiger partial charge in [-0.1, -0.05) is 54.0 Å². The molecule has 0 atom stereocenters. The third-order valence-corrected chi connectivity index (χ3v) is 6.56. The Labute approximate surface area is 229 Å². The molecule has 0 unspecified atom stereocenters. The maximum atomic E-state index is 13.3. The molecule has 0 aliphatic carbocycles. The summed E-state index contributed by atoms with van der Waals surface area (Å²) in [6, 6.07) is 15.6. The molecule has 9 heteroatoms. The minimum Gasteiger partial charge on any atom is -0.394 e. The molecule has 0 saturated carbocycles. The van der Waals surface area contributed by atoms with E-state index in [2.05, 4.69) is 60.3 Å². The van der Waals surface area contributed by atoms with Gasteiger partial charge in [-0.3, -0.25) is 9.59 Å². The summed E-state index contributed by atoms with van der Waals surface area (Å²) in [6.45, 7) is 9.93. The topological polar surface area (TPSA) is 101 Å². The fraction of sp³-hybridized carbons (Fsp3) is 0.300. The molecule has 0 spiro atoms. The van der Waals surface area contributed by atoms with E-state index in [4.69, 9.17) is 4.84 Å². The zero-order valence-electron chi connectivity index (χ0n) is 23.0. The third kappa shape index (κ3) is 7.22. The van der Waals surface area contributed by atoms with Crippen LogP contribution >= 0.6 is 0 Å². The van der Waals surface area contributed by atoms with E-state index in [9.17, 15) is 9.59 Å².